The monoisotopic (exact) mass is 352 g/mol. The Morgan fingerprint density at radius 3 is 2.79 bits per heavy atom. The molecule has 130 valence electrons. The van der Waals surface area contributed by atoms with Gasteiger partial charge in [-0.1, -0.05) is 11.3 Å². The minimum atomic E-state index is -0.616. The number of rotatable bonds is 6. The molecule has 0 aliphatic carbocycles. The van der Waals surface area contributed by atoms with Crippen LogP contribution in [0.3, 0.4) is 0 Å². The van der Waals surface area contributed by atoms with Crippen molar-refractivity contribution in [1.29, 1.82) is 0 Å². The van der Waals surface area contributed by atoms with Gasteiger partial charge < -0.3 is 18.7 Å². The zero-order chi connectivity index (χ0) is 17.7. The lowest BCUT2D eigenvalue weighted by Gasteiger charge is -2.18. The van der Waals surface area contributed by atoms with Crippen molar-refractivity contribution < 1.29 is 23.5 Å². The standard InChI is InChI=1S/C16H20N2O5S/c1-16(2,3)23-15(20)18-14-17-12(11-6-5-7-22-11)13(24-14)10(8-19)9-21-4/h5-8,10H,9H2,1-4H3,(H,17,18,20). The molecule has 1 N–H and O–H groups in total. The molecule has 2 aromatic heterocycles. The van der Waals surface area contributed by atoms with Crippen LogP contribution in [0.4, 0.5) is 9.93 Å². The van der Waals surface area contributed by atoms with Crippen molar-refractivity contribution in [3.05, 3.63) is 23.3 Å². The van der Waals surface area contributed by atoms with E-state index in [1.54, 1.807) is 32.9 Å². The number of methoxy groups -OCH3 is 1. The first-order chi connectivity index (χ1) is 11.3. The van der Waals surface area contributed by atoms with Gasteiger partial charge in [-0.15, -0.1) is 0 Å². The van der Waals surface area contributed by atoms with E-state index in [0.29, 0.717) is 21.5 Å². The lowest BCUT2D eigenvalue weighted by atomic mass is 10.1. The van der Waals surface area contributed by atoms with Crippen molar-refractivity contribution in [2.45, 2.75) is 32.3 Å². The molecule has 2 aromatic rings. The summed E-state index contributed by atoms with van der Waals surface area (Å²) < 4.78 is 15.7. The van der Waals surface area contributed by atoms with Crippen molar-refractivity contribution in [2.24, 2.45) is 0 Å². The number of thiazole rings is 1. The third-order valence-corrected chi connectivity index (χ3v) is 3.97. The molecule has 0 aromatic carbocycles. The number of nitrogens with zero attached hydrogens (tertiary/aromatic N) is 1. The number of furan rings is 1. The van der Waals surface area contributed by atoms with Crippen LogP contribution in [-0.2, 0) is 14.3 Å². The third kappa shape index (κ3) is 4.65. The number of nitrogens with one attached hydrogen (secondary N) is 1. The Hall–Kier alpha value is -2.19. The Labute approximate surface area is 144 Å². The summed E-state index contributed by atoms with van der Waals surface area (Å²) in [4.78, 5) is 28.3. The Bertz CT molecular complexity index is 688. The lowest BCUT2D eigenvalue weighted by molar-refractivity contribution is -0.110. The molecular weight excluding hydrogens is 332 g/mol. The van der Waals surface area contributed by atoms with Gasteiger partial charge in [-0.3, -0.25) is 5.32 Å². The Balaban J connectivity index is 2.31. The van der Waals surface area contributed by atoms with Crippen LogP contribution in [0.2, 0.25) is 0 Å². The largest absolute Gasteiger partial charge is 0.463 e. The van der Waals surface area contributed by atoms with Crippen molar-refractivity contribution in [3.8, 4) is 11.5 Å². The van der Waals surface area contributed by atoms with E-state index in [1.165, 1.54) is 24.7 Å². The first-order valence-corrected chi connectivity index (χ1v) is 8.14. The SMILES string of the molecule is COCC(C=O)c1sc(NC(=O)OC(C)(C)C)nc1-c1ccco1. The number of carbonyl (C=O) groups is 2. The van der Waals surface area contributed by atoms with Gasteiger partial charge in [0.15, 0.2) is 10.9 Å². The van der Waals surface area contributed by atoms with Gasteiger partial charge in [0.05, 0.1) is 23.7 Å². The molecule has 8 heteroatoms. The lowest BCUT2D eigenvalue weighted by Crippen LogP contribution is -2.27. The minimum Gasteiger partial charge on any atom is -0.463 e. The second kappa shape index (κ2) is 7.59. The molecule has 0 aliphatic heterocycles. The normalized spacial score (nSPS) is 12.7. The first kappa shape index (κ1) is 18.2. The predicted molar refractivity (Wildman–Crippen MR) is 90.4 cm³/mol. The highest BCUT2D eigenvalue weighted by Gasteiger charge is 2.24. The van der Waals surface area contributed by atoms with E-state index in [-0.39, 0.29) is 6.61 Å². The quantitative estimate of drug-likeness (QED) is 0.798. The van der Waals surface area contributed by atoms with Crippen LogP contribution in [0.15, 0.2) is 22.8 Å². The smallest absolute Gasteiger partial charge is 0.413 e. The highest BCUT2D eigenvalue weighted by atomic mass is 32.1. The third-order valence-electron chi connectivity index (χ3n) is 2.86. The van der Waals surface area contributed by atoms with E-state index < -0.39 is 17.6 Å². The van der Waals surface area contributed by atoms with Gasteiger partial charge in [-0.25, -0.2) is 9.78 Å². The van der Waals surface area contributed by atoms with Crippen molar-refractivity contribution >= 4 is 28.8 Å². The highest BCUT2D eigenvalue weighted by Crippen LogP contribution is 2.36. The Kier molecular flexibility index (Phi) is 5.74. The van der Waals surface area contributed by atoms with Gasteiger partial charge in [-0.2, -0.15) is 0 Å². The molecule has 0 fully saturated rings. The van der Waals surface area contributed by atoms with Crippen molar-refractivity contribution in [3.63, 3.8) is 0 Å². The van der Waals surface area contributed by atoms with Crippen LogP contribution in [-0.4, -0.2) is 36.7 Å². The molecule has 1 unspecified atom stereocenters. The number of ether oxygens (including phenoxy) is 2. The Morgan fingerprint density at radius 2 is 2.25 bits per heavy atom. The summed E-state index contributed by atoms with van der Waals surface area (Å²) in [5.41, 5.74) is -0.111. The first-order valence-electron chi connectivity index (χ1n) is 7.33. The van der Waals surface area contributed by atoms with Gasteiger partial charge in [0.2, 0.25) is 0 Å². The van der Waals surface area contributed by atoms with E-state index in [4.69, 9.17) is 13.9 Å². The molecule has 0 aliphatic rings. The van der Waals surface area contributed by atoms with Crippen LogP contribution in [0.25, 0.3) is 11.5 Å². The fourth-order valence-corrected chi connectivity index (χ4v) is 2.97. The maximum Gasteiger partial charge on any atom is 0.413 e. The van der Waals surface area contributed by atoms with Gasteiger partial charge >= 0.3 is 6.09 Å². The summed E-state index contributed by atoms with van der Waals surface area (Å²) in [6.45, 7) is 5.53. The molecule has 2 rings (SSSR count). The zero-order valence-electron chi connectivity index (χ0n) is 14.0. The molecule has 0 saturated carbocycles. The number of aromatic nitrogens is 1. The van der Waals surface area contributed by atoms with E-state index in [0.717, 1.165) is 6.29 Å². The summed E-state index contributed by atoms with van der Waals surface area (Å²) >= 11 is 1.19. The fourth-order valence-electron chi connectivity index (χ4n) is 1.97. The van der Waals surface area contributed by atoms with E-state index in [2.05, 4.69) is 10.3 Å². The molecule has 24 heavy (non-hydrogen) atoms. The van der Waals surface area contributed by atoms with Crippen LogP contribution < -0.4 is 5.32 Å². The van der Waals surface area contributed by atoms with Crippen LogP contribution in [0.1, 0.15) is 31.6 Å². The second-order valence-electron chi connectivity index (χ2n) is 6.03. The summed E-state index contributed by atoms with van der Waals surface area (Å²) in [6.07, 6.45) is 1.70. The molecule has 1 amide bonds. The van der Waals surface area contributed by atoms with E-state index >= 15 is 0 Å². The van der Waals surface area contributed by atoms with E-state index in [1.807, 2.05) is 0 Å². The number of hydrogen-bond acceptors (Lipinski definition) is 7. The highest BCUT2D eigenvalue weighted by molar-refractivity contribution is 7.16. The zero-order valence-corrected chi connectivity index (χ0v) is 14.8. The van der Waals surface area contributed by atoms with Crippen LogP contribution in [0, 0.1) is 0 Å². The topological polar surface area (TPSA) is 90.7 Å². The minimum absolute atomic E-state index is 0.214. The van der Waals surface area contributed by atoms with Gasteiger partial charge in [-0.05, 0) is 32.9 Å². The fraction of sp³-hybridized carbons (Fsp3) is 0.438. The molecule has 1 atom stereocenters. The van der Waals surface area contributed by atoms with E-state index in [9.17, 15) is 9.59 Å². The number of carbonyl (C=O) groups excluding carboxylic acids is 2. The summed E-state index contributed by atoms with van der Waals surface area (Å²) in [5, 5.41) is 2.92. The average Bonchev–Trinajstić information content (AvgIpc) is 3.11. The number of hydrogen-bond donors (Lipinski definition) is 1. The van der Waals surface area contributed by atoms with Crippen molar-refractivity contribution in [1.82, 2.24) is 4.98 Å². The second-order valence-corrected chi connectivity index (χ2v) is 7.06. The average molecular weight is 352 g/mol. The van der Waals surface area contributed by atoms with Gasteiger partial charge in [0.25, 0.3) is 0 Å². The summed E-state index contributed by atoms with van der Waals surface area (Å²) in [7, 11) is 1.52. The molecule has 0 spiro atoms. The van der Waals surface area contributed by atoms with Crippen molar-refractivity contribution in [2.75, 3.05) is 19.0 Å². The molecule has 7 nitrogen and oxygen atoms in total. The van der Waals surface area contributed by atoms with Gasteiger partial charge in [0.1, 0.15) is 17.6 Å². The molecule has 0 saturated heterocycles. The molecular formula is C16H20N2O5S. The van der Waals surface area contributed by atoms with Gasteiger partial charge in [0, 0.05) is 7.11 Å². The number of amides is 1. The van der Waals surface area contributed by atoms with Crippen LogP contribution >= 0.6 is 11.3 Å². The maximum atomic E-state index is 11.9. The molecule has 0 radical (unpaired) electrons. The number of anilines is 1. The van der Waals surface area contributed by atoms with Crippen LogP contribution in [0.5, 0.6) is 0 Å². The summed E-state index contributed by atoms with van der Waals surface area (Å²) in [5.74, 6) is 0.0169. The molecule has 2 heterocycles. The maximum absolute atomic E-state index is 11.9. The molecule has 0 bridgehead atoms. The summed E-state index contributed by atoms with van der Waals surface area (Å²) in [6, 6.07) is 3.47. The predicted octanol–water partition coefficient (Wildman–Crippen LogP) is 3.68. The Morgan fingerprint density at radius 1 is 1.50 bits per heavy atom. The number of aldehydes is 1.